The van der Waals surface area contributed by atoms with E-state index in [9.17, 15) is 14.7 Å². The molecule has 2 N–H and O–H groups in total. The molecule has 0 aliphatic rings. The molecule has 6 nitrogen and oxygen atoms in total. The number of methoxy groups -OCH3 is 1. The number of ether oxygens (including phenoxy) is 2. The van der Waals surface area contributed by atoms with Crippen LogP contribution in [0.4, 0.5) is 5.69 Å². The number of aromatic hydroxyl groups is 1. The Balaban J connectivity index is 1.71. The number of carbonyl (C=O) groups excluding carboxylic acids is 2. The third-order valence-corrected chi connectivity index (χ3v) is 5.10. The van der Waals surface area contributed by atoms with E-state index in [-0.39, 0.29) is 12.2 Å². The number of anilines is 1. The van der Waals surface area contributed by atoms with Crippen LogP contribution in [0.2, 0.25) is 0 Å². The highest BCUT2D eigenvalue weighted by Gasteiger charge is 2.25. The molecule has 0 saturated heterocycles. The Morgan fingerprint density at radius 2 is 1.75 bits per heavy atom. The lowest BCUT2D eigenvalue weighted by atomic mass is 10.1. The smallest absolute Gasteiger partial charge is 0.307 e. The number of rotatable bonds is 8. The van der Waals surface area contributed by atoms with Crippen molar-refractivity contribution in [1.82, 2.24) is 0 Å². The fourth-order valence-electron chi connectivity index (χ4n) is 3.30. The predicted molar refractivity (Wildman–Crippen MR) is 123 cm³/mol. The lowest BCUT2D eigenvalue weighted by Crippen LogP contribution is -2.26. The summed E-state index contributed by atoms with van der Waals surface area (Å²) in [6.07, 6.45) is -0.657. The van der Waals surface area contributed by atoms with Crippen molar-refractivity contribution in [2.24, 2.45) is 0 Å². The average Bonchev–Trinajstić information content (AvgIpc) is 2.79. The van der Waals surface area contributed by atoms with Crippen LogP contribution in [0.5, 0.6) is 11.5 Å². The van der Waals surface area contributed by atoms with E-state index >= 15 is 0 Å². The molecule has 3 aromatic carbocycles. The number of hydrogen-bond acceptors (Lipinski definition) is 5. The molecule has 6 heteroatoms. The molecule has 0 saturated carbocycles. The van der Waals surface area contributed by atoms with Crippen molar-refractivity contribution < 1.29 is 24.2 Å². The second kappa shape index (κ2) is 10.5. The summed E-state index contributed by atoms with van der Waals surface area (Å²) in [4.78, 5) is 25.7. The molecule has 0 aliphatic carbocycles. The van der Waals surface area contributed by atoms with Crippen molar-refractivity contribution in [3.05, 3.63) is 89.0 Å². The Hall–Kier alpha value is -3.80. The maximum Gasteiger partial charge on any atom is 0.307 e. The Morgan fingerprint density at radius 1 is 1.00 bits per heavy atom. The van der Waals surface area contributed by atoms with Gasteiger partial charge in [0.05, 0.1) is 7.11 Å². The van der Waals surface area contributed by atoms with Gasteiger partial charge < -0.3 is 19.9 Å². The minimum absolute atomic E-state index is 0.00781. The van der Waals surface area contributed by atoms with Gasteiger partial charge in [-0.05, 0) is 55.2 Å². The number of hydrogen-bond donors (Lipinski definition) is 2. The third kappa shape index (κ3) is 5.88. The second-order valence-corrected chi connectivity index (χ2v) is 7.59. The van der Waals surface area contributed by atoms with Gasteiger partial charge in [0.1, 0.15) is 0 Å². The van der Waals surface area contributed by atoms with Gasteiger partial charge in [-0.15, -0.1) is 0 Å². The average molecular weight is 434 g/mol. The molecule has 0 aromatic heterocycles. The second-order valence-electron chi connectivity index (χ2n) is 7.59. The molecule has 32 heavy (non-hydrogen) atoms. The highest BCUT2D eigenvalue weighted by Crippen LogP contribution is 2.27. The summed E-state index contributed by atoms with van der Waals surface area (Å²) < 4.78 is 10.6. The first-order chi connectivity index (χ1) is 15.4. The SMILES string of the molecule is COc1ccc(CCC(=O)OC(C(=O)Nc2cc(C)ccc2C)c2ccccc2)cc1O. The van der Waals surface area contributed by atoms with Gasteiger partial charge in [-0.3, -0.25) is 9.59 Å². The number of aryl methyl sites for hydroxylation is 3. The number of benzene rings is 3. The zero-order chi connectivity index (χ0) is 23.1. The van der Waals surface area contributed by atoms with Crippen LogP contribution in [0, 0.1) is 13.8 Å². The number of nitrogens with one attached hydrogen (secondary N) is 1. The van der Waals surface area contributed by atoms with Crippen molar-refractivity contribution in [2.45, 2.75) is 32.8 Å². The van der Waals surface area contributed by atoms with Gasteiger partial charge in [-0.2, -0.15) is 0 Å². The zero-order valence-electron chi connectivity index (χ0n) is 18.4. The standard InChI is InChI=1S/C26H27NO5/c1-17-9-10-18(2)21(15-17)27-26(30)25(20-7-5-4-6-8-20)32-24(29)14-12-19-11-13-23(31-3)22(28)16-19/h4-11,13,15-16,25,28H,12,14H2,1-3H3,(H,27,30). The Bertz CT molecular complexity index is 1090. The van der Waals surface area contributed by atoms with Gasteiger partial charge in [-0.25, -0.2) is 0 Å². The lowest BCUT2D eigenvalue weighted by Gasteiger charge is -2.19. The normalized spacial score (nSPS) is 11.5. The van der Waals surface area contributed by atoms with Crippen molar-refractivity contribution >= 4 is 17.6 Å². The fraction of sp³-hybridized carbons (Fsp3) is 0.231. The highest BCUT2D eigenvalue weighted by molar-refractivity contribution is 5.96. The zero-order valence-corrected chi connectivity index (χ0v) is 18.4. The van der Waals surface area contributed by atoms with E-state index in [1.165, 1.54) is 7.11 Å². The molecule has 3 rings (SSSR count). The van der Waals surface area contributed by atoms with Crippen molar-refractivity contribution in [3.63, 3.8) is 0 Å². The summed E-state index contributed by atoms with van der Waals surface area (Å²) in [6, 6.07) is 19.7. The van der Waals surface area contributed by atoms with Gasteiger partial charge >= 0.3 is 5.97 Å². The maximum atomic E-state index is 13.1. The highest BCUT2D eigenvalue weighted by atomic mass is 16.5. The van der Waals surface area contributed by atoms with E-state index in [2.05, 4.69) is 5.32 Å². The maximum absolute atomic E-state index is 13.1. The molecule has 166 valence electrons. The molecule has 0 spiro atoms. The van der Waals surface area contributed by atoms with E-state index in [4.69, 9.17) is 9.47 Å². The van der Waals surface area contributed by atoms with E-state index in [0.717, 1.165) is 16.7 Å². The topological polar surface area (TPSA) is 84.9 Å². The van der Waals surface area contributed by atoms with E-state index in [1.54, 1.807) is 42.5 Å². The Morgan fingerprint density at radius 3 is 2.44 bits per heavy atom. The van der Waals surface area contributed by atoms with Gasteiger partial charge in [0.2, 0.25) is 6.10 Å². The molecule has 0 fully saturated rings. The molecule has 1 atom stereocenters. The summed E-state index contributed by atoms with van der Waals surface area (Å²) >= 11 is 0. The summed E-state index contributed by atoms with van der Waals surface area (Å²) in [5, 5.41) is 12.8. The summed E-state index contributed by atoms with van der Waals surface area (Å²) in [6.45, 7) is 3.85. The minimum atomic E-state index is -1.08. The van der Waals surface area contributed by atoms with Crippen molar-refractivity contribution in [2.75, 3.05) is 12.4 Å². The van der Waals surface area contributed by atoms with Crippen molar-refractivity contribution in [3.8, 4) is 11.5 Å². The van der Waals surface area contributed by atoms with Gasteiger partial charge in [-0.1, -0.05) is 48.5 Å². The summed E-state index contributed by atoms with van der Waals surface area (Å²) in [5.74, 6) is -0.553. The third-order valence-electron chi connectivity index (χ3n) is 5.10. The number of esters is 1. The van der Waals surface area contributed by atoms with Crippen molar-refractivity contribution in [1.29, 1.82) is 0 Å². The Kier molecular flexibility index (Phi) is 7.49. The van der Waals surface area contributed by atoms with Crippen LogP contribution >= 0.6 is 0 Å². The van der Waals surface area contributed by atoms with Crippen LogP contribution in [0.1, 0.15) is 34.8 Å². The molecule has 0 radical (unpaired) electrons. The first kappa shape index (κ1) is 22.9. The van der Waals surface area contributed by atoms with Crippen LogP contribution in [0.15, 0.2) is 66.7 Å². The van der Waals surface area contributed by atoms with Crippen LogP contribution in [0.25, 0.3) is 0 Å². The van der Waals surface area contributed by atoms with E-state index in [1.807, 2.05) is 38.1 Å². The van der Waals surface area contributed by atoms with Crippen LogP contribution in [-0.2, 0) is 20.7 Å². The first-order valence-electron chi connectivity index (χ1n) is 10.4. The van der Waals surface area contributed by atoms with Gasteiger partial charge in [0.25, 0.3) is 5.91 Å². The number of carbonyl (C=O) groups is 2. The van der Waals surface area contributed by atoms with Gasteiger partial charge in [0, 0.05) is 17.7 Å². The van der Waals surface area contributed by atoms with Gasteiger partial charge in [0.15, 0.2) is 11.5 Å². The molecule has 0 aliphatic heterocycles. The number of phenols is 1. The first-order valence-corrected chi connectivity index (χ1v) is 10.4. The largest absolute Gasteiger partial charge is 0.504 e. The minimum Gasteiger partial charge on any atom is -0.504 e. The molecular weight excluding hydrogens is 406 g/mol. The fourth-order valence-corrected chi connectivity index (χ4v) is 3.30. The lowest BCUT2D eigenvalue weighted by molar-refractivity contribution is -0.154. The number of phenolic OH excluding ortho intramolecular Hbond substituents is 1. The molecular formula is C26H27NO5. The Labute approximate surface area is 187 Å². The number of amides is 1. The molecule has 0 bridgehead atoms. The summed E-state index contributed by atoms with van der Waals surface area (Å²) in [7, 11) is 1.47. The van der Waals surface area contributed by atoms with E-state index < -0.39 is 18.0 Å². The molecule has 3 aromatic rings. The summed E-state index contributed by atoms with van der Waals surface area (Å²) in [5.41, 5.74) is 3.96. The predicted octanol–water partition coefficient (Wildman–Crippen LogP) is 4.87. The molecule has 1 amide bonds. The quantitative estimate of drug-likeness (QED) is 0.495. The van der Waals surface area contributed by atoms with E-state index in [0.29, 0.717) is 23.4 Å². The molecule has 0 heterocycles. The van der Waals surface area contributed by atoms with Crippen LogP contribution < -0.4 is 10.1 Å². The van der Waals surface area contributed by atoms with Crippen LogP contribution in [0.3, 0.4) is 0 Å². The monoisotopic (exact) mass is 433 g/mol. The molecule has 1 unspecified atom stereocenters. The van der Waals surface area contributed by atoms with Crippen LogP contribution in [-0.4, -0.2) is 24.1 Å².